The molecule has 1 aromatic rings. The van der Waals surface area contributed by atoms with Gasteiger partial charge in [0.25, 0.3) is 0 Å². The van der Waals surface area contributed by atoms with Gasteiger partial charge in [0.2, 0.25) is 0 Å². The van der Waals surface area contributed by atoms with Crippen LogP contribution >= 0.6 is 15.9 Å². The lowest BCUT2D eigenvalue weighted by Gasteiger charge is -2.33. The van der Waals surface area contributed by atoms with Crippen LogP contribution in [-0.2, 0) is 19.7 Å². The lowest BCUT2D eigenvalue weighted by molar-refractivity contribution is -0.140. The molecule has 0 unspecified atom stereocenters. The summed E-state index contributed by atoms with van der Waals surface area (Å²) in [6, 6.07) is 3.93. The van der Waals surface area contributed by atoms with Crippen molar-refractivity contribution in [3.8, 4) is 5.75 Å². The molecule has 1 aromatic carbocycles. The molecule has 0 aliphatic heterocycles. The van der Waals surface area contributed by atoms with E-state index < -0.39 is 0 Å². The van der Waals surface area contributed by atoms with Crippen LogP contribution in [0.2, 0.25) is 0 Å². The van der Waals surface area contributed by atoms with Crippen LogP contribution in [0.25, 0.3) is 0 Å². The van der Waals surface area contributed by atoms with Gasteiger partial charge in [0.1, 0.15) is 12.4 Å². The summed E-state index contributed by atoms with van der Waals surface area (Å²) in [5, 5.41) is 0. The summed E-state index contributed by atoms with van der Waals surface area (Å²) < 4.78 is 11.6. The molecular weight excluding hydrogens is 372 g/mol. The van der Waals surface area contributed by atoms with E-state index in [0.717, 1.165) is 27.6 Å². The minimum absolute atomic E-state index is 0.167. The second-order valence-electron chi connectivity index (χ2n) is 6.59. The molecule has 4 nitrogen and oxygen atoms in total. The molecule has 0 fully saturated rings. The minimum Gasteiger partial charge on any atom is -0.461 e. The van der Waals surface area contributed by atoms with Crippen LogP contribution in [0.5, 0.6) is 5.75 Å². The second-order valence-corrected chi connectivity index (χ2v) is 7.45. The average Bonchev–Trinajstić information content (AvgIpc) is 2.77. The number of halogens is 1. The minimum atomic E-state index is -0.333. The molecule has 0 spiro atoms. The summed E-state index contributed by atoms with van der Waals surface area (Å²) in [5.41, 5.74) is 2.86. The number of carbonyl (C=O) groups excluding carboxylic acids is 2. The van der Waals surface area contributed by atoms with Gasteiger partial charge in [-0.1, -0.05) is 35.9 Å². The zero-order chi connectivity index (χ0) is 18.1. The Morgan fingerprint density at radius 3 is 2.54 bits per heavy atom. The molecule has 0 saturated carbocycles. The van der Waals surface area contributed by atoms with Crippen molar-refractivity contribution < 1.29 is 19.1 Å². The highest BCUT2D eigenvalue weighted by molar-refractivity contribution is 9.10. The van der Waals surface area contributed by atoms with Crippen LogP contribution < -0.4 is 4.74 Å². The van der Waals surface area contributed by atoms with Crippen molar-refractivity contribution in [2.24, 2.45) is 5.92 Å². The highest BCUT2D eigenvalue weighted by Gasteiger charge is 2.41. The van der Waals surface area contributed by atoms with E-state index >= 15 is 0 Å². The van der Waals surface area contributed by atoms with Crippen LogP contribution in [0.1, 0.15) is 45.2 Å². The zero-order valence-corrected chi connectivity index (χ0v) is 16.3. The van der Waals surface area contributed by atoms with E-state index in [0.29, 0.717) is 12.4 Å². The van der Waals surface area contributed by atoms with Gasteiger partial charge in [0.15, 0.2) is 0 Å². The molecule has 0 saturated heterocycles. The predicted octanol–water partition coefficient (Wildman–Crippen LogP) is 4.47. The summed E-state index contributed by atoms with van der Waals surface area (Å²) in [4.78, 5) is 22.6. The molecule has 130 valence electrons. The summed E-state index contributed by atoms with van der Waals surface area (Å²) >= 11 is 3.58. The number of benzene rings is 1. The Labute approximate surface area is 151 Å². The highest BCUT2D eigenvalue weighted by Crippen LogP contribution is 2.49. The van der Waals surface area contributed by atoms with E-state index in [1.807, 2.05) is 19.1 Å². The number of esters is 2. The van der Waals surface area contributed by atoms with Gasteiger partial charge < -0.3 is 9.47 Å². The Kier molecular flexibility index (Phi) is 5.53. The third kappa shape index (κ3) is 3.72. The summed E-state index contributed by atoms with van der Waals surface area (Å²) in [6.45, 7) is 9.36. The van der Waals surface area contributed by atoms with Gasteiger partial charge in [0.05, 0.1) is 0 Å². The quantitative estimate of drug-likeness (QED) is 0.429. The Bertz CT molecular complexity index is 708. The number of hydrogen-bond acceptors (Lipinski definition) is 4. The van der Waals surface area contributed by atoms with Gasteiger partial charge in [-0.05, 0) is 42.5 Å². The molecule has 24 heavy (non-hydrogen) atoms. The maximum atomic E-state index is 11.5. The van der Waals surface area contributed by atoms with E-state index in [1.54, 1.807) is 0 Å². The topological polar surface area (TPSA) is 52.6 Å². The van der Waals surface area contributed by atoms with Gasteiger partial charge in [-0.2, -0.15) is 0 Å². The maximum absolute atomic E-state index is 11.5. The van der Waals surface area contributed by atoms with Crippen LogP contribution in [0.3, 0.4) is 0 Å². The fraction of sp³-hybridized carbons (Fsp3) is 0.474. The van der Waals surface area contributed by atoms with E-state index in [4.69, 9.17) is 9.47 Å². The SMILES string of the molecule is CC(=O)OCC1=CC[C@@](C)(c2cc(Br)c(C)cc2OC(C)=O)[C@H]1C. The first kappa shape index (κ1) is 18.7. The molecule has 1 aliphatic rings. The number of ether oxygens (including phenoxy) is 2. The number of carbonyl (C=O) groups is 2. The Morgan fingerprint density at radius 2 is 1.96 bits per heavy atom. The van der Waals surface area contributed by atoms with Crippen LogP contribution in [0.4, 0.5) is 0 Å². The standard InChI is InChI=1S/C19H23BrO4/c1-11-8-18(24-14(4)22)16(9-17(11)20)19(5)7-6-15(12(19)2)10-23-13(3)21/h6,8-9,12H,7,10H2,1-5H3/t12-,19+/m0/s1. The fourth-order valence-electron chi connectivity index (χ4n) is 3.16. The number of aryl methyl sites for hydroxylation is 1. The highest BCUT2D eigenvalue weighted by atomic mass is 79.9. The molecule has 0 aromatic heterocycles. The molecule has 2 atom stereocenters. The molecule has 0 N–H and O–H groups in total. The smallest absolute Gasteiger partial charge is 0.308 e. The molecule has 0 amide bonds. The van der Waals surface area contributed by atoms with E-state index in [-0.39, 0.29) is 23.3 Å². The van der Waals surface area contributed by atoms with Gasteiger partial charge in [-0.3, -0.25) is 9.59 Å². The monoisotopic (exact) mass is 394 g/mol. The molecular formula is C19H23BrO4. The normalized spacial score (nSPS) is 22.9. The van der Waals surface area contributed by atoms with E-state index in [2.05, 4.69) is 35.9 Å². The first-order valence-corrected chi connectivity index (χ1v) is 8.75. The predicted molar refractivity (Wildman–Crippen MR) is 96.0 cm³/mol. The van der Waals surface area contributed by atoms with Crippen molar-refractivity contribution in [3.05, 3.63) is 39.4 Å². The van der Waals surface area contributed by atoms with E-state index in [9.17, 15) is 9.59 Å². The van der Waals surface area contributed by atoms with Crippen molar-refractivity contribution >= 4 is 27.9 Å². The van der Waals surface area contributed by atoms with Crippen molar-refractivity contribution in [2.45, 2.75) is 46.5 Å². The molecule has 0 radical (unpaired) electrons. The van der Waals surface area contributed by atoms with Crippen molar-refractivity contribution in [3.63, 3.8) is 0 Å². The second kappa shape index (κ2) is 7.09. The third-order valence-electron chi connectivity index (χ3n) is 4.87. The lowest BCUT2D eigenvalue weighted by Crippen LogP contribution is -2.29. The van der Waals surface area contributed by atoms with Gasteiger partial charge in [0, 0.05) is 29.3 Å². The Morgan fingerprint density at radius 1 is 1.29 bits per heavy atom. The first-order valence-electron chi connectivity index (χ1n) is 7.96. The third-order valence-corrected chi connectivity index (χ3v) is 5.73. The van der Waals surface area contributed by atoms with Crippen molar-refractivity contribution in [2.75, 3.05) is 6.61 Å². The molecule has 5 heteroatoms. The summed E-state index contributed by atoms with van der Waals surface area (Å²) in [5.74, 6) is 0.149. The number of rotatable bonds is 4. The first-order chi connectivity index (χ1) is 11.1. The van der Waals surface area contributed by atoms with Crippen LogP contribution in [-0.4, -0.2) is 18.5 Å². The summed E-state index contributed by atoms with van der Waals surface area (Å²) in [7, 11) is 0. The Hall–Kier alpha value is -1.62. The Balaban J connectivity index is 2.38. The molecule has 1 aliphatic carbocycles. The van der Waals surface area contributed by atoms with Crippen molar-refractivity contribution in [1.82, 2.24) is 0 Å². The fourth-order valence-corrected chi connectivity index (χ4v) is 3.50. The molecule has 2 rings (SSSR count). The maximum Gasteiger partial charge on any atom is 0.308 e. The van der Waals surface area contributed by atoms with Crippen LogP contribution in [0.15, 0.2) is 28.3 Å². The number of hydrogen-bond donors (Lipinski definition) is 0. The van der Waals surface area contributed by atoms with Gasteiger partial charge in [-0.25, -0.2) is 0 Å². The summed E-state index contributed by atoms with van der Waals surface area (Å²) in [6.07, 6.45) is 2.92. The zero-order valence-electron chi connectivity index (χ0n) is 14.7. The number of allylic oxidation sites excluding steroid dienone is 1. The lowest BCUT2D eigenvalue weighted by atomic mass is 9.72. The van der Waals surface area contributed by atoms with Crippen molar-refractivity contribution in [1.29, 1.82) is 0 Å². The van der Waals surface area contributed by atoms with E-state index in [1.165, 1.54) is 13.8 Å². The van der Waals surface area contributed by atoms with Gasteiger partial charge in [-0.15, -0.1) is 0 Å². The largest absolute Gasteiger partial charge is 0.461 e. The van der Waals surface area contributed by atoms with Gasteiger partial charge >= 0.3 is 11.9 Å². The van der Waals surface area contributed by atoms with Crippen LogP contribution in [0, 0.1) is 12.8 Å². The molecule has 0 heterocycles. The average molecular weight is 395 g/mol. The molecule has 0 bridgehead atoms.